The van der Waals surface area contributed by atoms with E-state index >= 15 is 0 Å². The molecule has 0 spiro atoms. The van der Waals surface area contributed by atoms with Gasteiger partial charge in [0.1, 0.15) is 6.04 Å². The summed E-state index contributed by atoms with van der Waals surface area (Å²) in [4.78, 5) is 23.5. The number of rotatable bonds is 4. The van der Waals surface area contributed by atoms with Gasteiger partial charge in [-0.3, -0.25) is 4.79 Å². The van der Waals surface area contributed by atoms with E-state index in [0.717, 1.165) is 32.1 Å². The number of aliphatic carboxylic acids is 1. The number of nitrogen functional groups attached to an aromatic ring is 1. The fourth-order valence-corrected chi connectivity index (χ4v) is 2.75. The second kappa shape index (κ2) is 6.41. The summed E-state index contributed by atoms with van der Waals surface area (Å²) in [6.45, 7) is 0. The summed E-state index contributed by atoms with van der Waals surface area (Å²) in [5.74, 6) is -1.32. The van der Waals surface area contributed by atoms with E-state index in [2.05, 4.69) is 5.32 Å². The molecule has 5 nitrogen and oxygen atoms in total. The number of amides is 1. The molecule has 1 amide bonds. The lowest BCUT2D eigenvalue weighted by Crippen LogP contribution is -2.46. The molecular formula is C15H20N2O3. The van der Waals surface area contributed by atoms with Crippen LogP contribution in [0, 0.1) is 5.92 Å². The molecule has 1 unspecified atom stereocenters. The highest BCUT2D eigenvalue weighted by Gasteiger charge is 2.30. The van der Waals surface area contributed by atoms with Crippen molar-refractivity contribution in [1.29, 1.82) is 0 Å². The second-order valence-corrected chi connectivity index (χ2v) is 5.31. The molecule has 0 radical (unpaired) electrons. The Morgan fingerprint density at radius 1 is 1.25 bits per heavy atom. The van der Waals surface area contributed by atoms with E-state index in [-0.39, 0.29) is 11.8 Å². The smallest absolute Gasteiger partial charge is 0.326 e. The molecular weight excluding hydrogens is 256 g/mol. The van der Waals surface area contributed by atoms with Gasteiger partial charge in [0.25, 0.3) is 5.91 Å². The van der Waals surface area contributed by atoms with Gasteiger partial charge in [0.05, 0.1) is 0 Å². The Balaban J connectivity index is 2.07. The van der Waals surface area contributed by atoms with Crippen molar-refractivity contribution in [3.05, 3.63) is 29.8 Å². The Morgan fingerprint density at radius 2 is 1.95 bits per heavy atom. The van der Waals surface area contributed by atoms with Crippen molar-refractivity contribution in [2.45, 2.75) is 38.1 Å². The lowest BCUT2D eigenvalue weighted by atomic mass is 9.84. The summed E-state index contributed by atoms with van der Waals surface area (Å²) in [5.41, 5.74) is 6.52. The molecule has 1 atom stereocenters. The maximum absolute atomic E-state index is 12.1. The van der Waals surface area contributed by atoms with E-state index < -0.39 is 12.0 Å². The Kier molecular flexibility index (Phi) is 4.61. The van der Waals surface area contributed by atoms with Crippen molar-refractivity contribution in [2.75, 3.05) is 5.73 Å². The van der Waals surface area contributed by atoms with Crippen molar-refractivity contribution in [3.63, 3.8) is 0 Å². The van der Waals surface area contributed by atoms with Gasteiger partial charge in [-0.25, -0.2) is 4.79 Å². The molecule has 0 bridgehead atoms. The van der Waals surface area contributed by atoms with Crippen LogP contribution in [0.2, 0.25) is 0 Å². The Morgan fingerprint density at radius 3 is 2.55 bits per heavy atom. The van der Waals surface area contributed by atoms with Crippen LogP contribution in [-0.2, 0) is 4.79 Å². The molecule has 20 heavy (non-hydrogen) atoms. The molecule has 1 fully saturated rings. The number of hydrogen-bond donors (Lipinski definition) is 3. The maximum atomic E-state index is 12.1. The quantitative estimate of drug-likeness (QED) is 0.734. The number of benzene rings is 1. The molecule has 0 aliphatic heterocycles. The first-order chi connectivity index (χ1) is 9.58. The second-order valence-electron chi connectivity index (χ2n) is 5.31. The third kappa shape index (κ3) is 3.50. The zero-order chi connectivity index (χ0) is 14.5. The molecule has 1 saturated carbocycles. The molecule has 2 rings (SSSR count). The predicted octanol–water partition coefficient (Wildman–Crippen LogP) is 2.03. The highest BCUT2D eigenvalue weighted by Crippen LogP contribution is 2.26. The van der Waals surface area contributed by atoms with Crippen LogP contribution < -0.4 is 11.1 Å². The third-order valence-electron chi connectivity index (χ3n) is 3.82. The first-order valence-corrected chi connectivity index (χ1v) is 6.97. The normalized spacial score (nSPS) is 17.4. The average molecular weight is 276 g/mol. The first kappa shape index (κ1) is 14.4. The molecule has 1 aliphatic rings. The Labute approximate surface area is 118 Å². The minimum Gasteiger partial charge on any atom is -0.480 e. The van der Waals surface area contributed by atoms with Gasteiger partial charge in [0.15, 0.2) is 0 Å². The van der Waals surface area contributed by atoms with Crippen LogP contribution in [0.25, 0.3) is 0 Å². The van der Waals surface area contributed by atoms with Crippen molar-refractivity contribution in [3.8, 4) is 0 Å². The van der Waals surface area contributed by atoms with Crippen molar-refractivity contribution in [1.82, 2.24) is 5.32 Å². The number of anilines is 1. The molecule has 108 valence electrons. The summed E-state index contributed by atoms with van der Waals surface area (Å²) in [7, 11) is 0. The van der Waals surface area contributed by atoms with E-state index in [0.29, 0.717) is 11.3 Å². The van der Waals surface area contributed by atoms with E-state index in [1.165, 1.54) is 0 Å². The fourth-order valence-electron chi connectivity index (χ4n) is 2.75. The fraction of sp³-hybridized carbons (Fsp3) is 0.467. The van der Waals surface area contributed by atoms with Gasteiger partial charge in [0.2, 0.25) is 0 Å². The van der Waals surface area contributed by atoms with Crippen LogP contribution in [-0.4, -0.2) is 23.0 Å². The molecule has 1 aromatic rings. The Hall–Kier alpha value is -2.04. The van der Waals surface area contributed by atoms with Crippen LogP contribution in [0.3, 0.4) is 0 Å². The summed E-state index contributed by atoms with van der Waals surface area (Å²) in [6.07, 6.45) is 4.92. The summed E-state index contributed by atoms with van der Waals surface area (Å²) in [5, 5.41) is 12.0. The molecule has 0 heterocycles. The Bertz CT molecular complexity index is 496. The van der Waals surface area contributed by atoms with Gasteiger partial charge in [-0.15, -0.1) is 0 Å². The number of nitrogens with two attached hydrogens (primary N) is 1. The van der Waals surface area contributed by atoms with Gasteiger partial charge >= 0.3 is 5.97 Å². The first-order valence-electron chi connectivity index (χ1n) is 6.97. The monoisotopic (exact) mass is 276 g/mol. The van der Waals surface area contributed by atoms with Crippen molar-refractivity contribution >= 4 is 17.6 Å². The van der Waals surface area contributed by atoms with Crippen LogP contribution in [0.1, 0.15) is 42.5 Å². The molecule has 1 aromatic carbocycles. The van der Waals surface area contributed by atoms with E-state index in [9.17, 15) is 14.7 Å². The average Bonchev–Trinajstić information content (AvgIpc) is 2.45. The molecule has 0 saturated heterocycles. The SMILES string of the molecule is Nc1cccc(C(=O)NC(C(=O)O)C2CCCCC2)c1. The van der Waals surface area contributed by atoms with Crippen molar-refractivity contribution < 1.29 is 14.7 Å². The van der Waals surface area contributed by atoms with Crippen LogP contribution in [0.15, 0.2) is 24.3 Å². The van der Waals surface area contributed by atoms with E-state index in [1.807, 2.05) is 0 Å². The number of carboxylic acid groups (broad SMARTS) is 1. The molecule has 4 N–H and O–H groups in total. The van der Waals surface area contributed by atoms with Crippen LogP contribution >= 0.6 is 0 Å². The largest absolute Gasteiger partial charge is 0.480 e. The van der Waals surface area contributed by atoms with E-state index in [4.69, 9.17) is 5.73 Å². The maximum Gasteiger partial charge on any atom is 0.326 e. The number of carboxylic acids is 1. The van der Waals surface area contributed by atoms with Gasteiger partial charge in [-0.05, 0) is 37.0 Å². The lowest BCUT2D eigenvalue weighted by Gasteiger charge is -2.28. The predicted molar refractivity (Wildman–Crippen MR) is 76.3 cm³/mol. The van der Waals surface area contributed by atoms with Crippen molar-refractivity contribution in [2.24, 2.45) is 5.92 Å². The summed E-state index contributed by atoms with van der Waals surface area (Å²) < 4.78 is 0. The zero-order valence-electron chi connectivity index (χ0n) is 11.3. The van der Waals surface area contributed by atoms with Gasteiger partial charge in [-0.2, -0.15) is 0 Å². The third-order valence-corrected chi connectivity index (χ3v) is 3.82. The standard InChI is InChI=1S/C15H20N2O3/c16-12-8-4-7-11(9-12)14(18)17-13(15(19)20)10-5-2-1-3-6-10/h4,7-10,13H,1-3,5-6,16H2,(H,17,18)(H,19,20). The van der Waals surface area contributed by atoms with Gasteiger partial charge in [0, 0.05) is 11.3 Å². The number of nitrogens with one attached hydrogen (secondary N) is 1. The van der Waals surface area contributed by atoms with Crippen LogP contribution in [0.5, 0.6) is 0 Å². The molecule has 1 aliphatic carbocycles. The topological polar surface area (TPSA) is 92.4 Å². The van der Waals surface area contributed by atoms with Gasteiger partial charge < -0.3 is 16.2 Å². The highest BCUT2D eigenvalue weighted by atomic mass is 16.4. The molecule has 0 aromatic heterocycles. The number of carbonyl (C=O) groups excluding carboxylic acids is 1. The zero-order valence-corrected chi connectivity index (χ0v) is 11.3. The van der Waals surface area contributed by atoms with E-state index in [1.54, 1.807) is 24.3 Å². The minimum atomic E-state index is -0.964. The summed E-state index contributed by atoms with van der Waals surface area (Å²) in [6, 6.07) is 5.73. The number of hydrogen-bond acceptors (Lipinski definition) is 3. The molecule has 5 heteroatoms. The number of carbonyl (C=O) groups is 2. The summed E-state index contributed by atoms with van der Waals surface area (Å²) >= 11 is 0. The van der Waals surface area contributed by atoms with Gasteiger partial charge in [-0.1, -0.05) is 25.3 Å². The lowest BCUT2D eigenvalue weighted by molar-refractivity contribution is -0.141. The minimum absolute atomic E-state index is 0.0197. The van der Waals surface area contributed by atoms with Crippen LogP contribution in [0.4, 0.5) is 5.69 Å². The highest BCUT2D eigenvalue weighted by molar-refractivity contribution is 5.97.